The van der Waals surface area contributed by atoms with Gasteiger partial charge in [0.2, 0.25) is 0 Å². The number of thiocarbonyl (C=S) groups is 1. The molecule has 0 saturated carbocycles. The van der Waals surface area contributed by atoms with Crippen LogP contribution in [0.15, 0.2) is 0 Å². The van der Waals surface area contributed by atoms with Crippen molar-refractivity contribution < 1.29 is 0 Å². The fourth-order valence-corrected chi connectivity index (χ4v) is 0.600. The summed E-state index contributed by atoms with van der Waals surface area (Å²) in [4.78, 5) is 0. The van der Waals surface area contributed by atoms with Crippen LogP contribution >= 0.6 is 12.2 Å². The quantitative estimate of drug-likeness (QED) is 0.353. The van der Waals surface area contributed by atoms with Crippen molar-refractivity contribution in [2.75, 3.05) is 13.1 Å². The number of nitrogens with zero attached hydrogens (tertiary/aromatic N) is 1. The number of hydrogen-bond acceptors (Lipinski definition) is 2. The Hall–Kier alpha value is -1.26. The van der Waals surface area contributed by atoms with E-state index < -0.39 is 0 Å². The maximum atomic E-state index is 8.17. The Labute approximate surface area is 71.8 Å². The first-order chi connectivity index (χ1) is 5.31. The largest absolute Gasteiger partial charge is 0.362 e. The van der Waals surface area contributed by atoms with Crippen LogP contribution in [0.1, 0.15) is 6.42 Å². The van der Waals surface area contributed by atoms with Crippen molar-refractivity contribution in [3.63, 3.8) is 0 Å². The first-order valence-corrected chi connectivity index (χ1v) is 3.54. The van der Waals surface area contributed by atoms with Crippen molar-refractivity contribution in [3.05, 3.63) is 0 Å². The molecule has 0 aliphatic heterocycles. The lowest BCUT2D eigenvalue weighted by molar-refractivity contribution is 0.867. The van der Waals surface area contributed by atoms with Crippen molar-refractivity contribution in [1.29, 1.82) is 5.26 Å². The minimum absolute atomic E-state index is 0.415. The molecule has 0 aromatic carbocycles. The Morgan fingerprint density at radius 3 is 2.82 bits per heavy atom. The predicted octanol–water partition coefficient (Wildman–Crippen LogP) is -0.00262. The van der Waals surface area contributed by atoms with Crippen LogP contribution in [0.3, 0.4) is 0 Å². The molecule has 0 unspecified atom stereocenters. The number of hydrogen-bond donors (Lipinski definition) is 2. The number of terminal acetylenes is 1. The van der Waals surface area contributed by atoms with Gasteiger partial charge in [0.25, 0.3) is 0 Å². The second-order valence-corrected chi connectivity index (χ2v) is 2.13. The van der Waals surface area contributed by atoms with Crippen molar-refractivity contribution in [2.24, 2.45) is 0 Å². The van der Waals surface area contributed by atoms with Gasteiger partial charge in [-0.3, -0.25) is 0 Å². The number of nitriles is 1. The van der Waals surface area contributed by atoms with E-state index in [4.69, 9.17) is 23.9 Å². The highest BCUT2D eigenvalue weighted by Gasteiger charge is 1.89. The third kappa shape index (κ3) is 6.63. The fraction of sp³-hybridized carbons (Fsp3) is 0.429. The van der Waals surface area contributed by atoms with E-state index in [0.29, 0.717) is 24.6 Å². The Morgan fingerprint density at radius 2 is 2.27 bits per heavy atom. The zero-order chi connectivity index (χ0) is 8.53. The second kappa shape index (κ2) is 6.85. The molecule has 0 atom stereocenters. The van der Waals surface area contributed by atoms with Gasteiger partial charge in [0.15, 0.2) is 5.11 Å². The van der Waals surface area contributed by atoms with Gasteiger partial charge >= 0.3 is 0 Å². The van der Waals surface area contributed by atoms with E-state index in [2.05, 4.69) is 16.6 Å². The van der Waals surface area contributed by atoms with Crippen LogP contribution in [0.4, 0.5) is 0 Å². The zero-order valence-electron chi connectivity index (χ0n) is 6.05. The van der Waals surface area contributed by atoms with Gasteiger partial charge in [0.1, 0.15) is 0 Å². The van der Waals surface area contributed by atoms with Crippen molar-refractivity contribution in [1.82, 2.24) is 10.6 Å². The molecule has 4 heteroatoms. The monoisotopic (exact) mass is 167 g/mol. The summed E-state index contributed by atoms with van der Waals surface area (Å²) in [5, 5.41) is 14.3. The molecule has 0 rings (SSSR count). The highest BCUT2D eigenvalue weighted by Crippen LogP contribution is 1.71. The normalized spacial score (nSPS) is 7.45. The van der Waals surface area contributed by atoms with E-state index in [1.54, 1.807) is 0 Å². The molecule has 0 aromatic rings. The van der Waals surface area contributed by atoms with Crippen molar-refractivity contribution in [3.8, 4) is 18.4 Å². The SMILES string of the molecule is C#CCNC(=S)NCCC#N. The van der Waals surface area contributed by atoms with E-state index in [0.717, 1.165) is 0 Å². The molecule has 0 aromatic heterocycles. The molecule has 0 saturated heterocycles. The molecule has 0 aliphatic rings. The summed E-state index contributed by atoms with van der Waals surface area (Å²) >= 11 is 4.81. The van der Waals surface area contributed by atoms with Crippen LogP contribution in [0.5, 0.6) is 0 Å². The van der Waals surface area contributed by atoms with Crippen LogP contribution in [0, 0.1) is 23.7 Å². The molecule has 2 N–H and O–H groups in total. The van der Waals surface area contributed by atoms with Gasteiger partial charge in [-0.2, -0.15) is 5.26 Å². The molecule has 58 valence electrons. The van der Waals surface area contributed by atoms with Gasteiger partial charge in [-0.1, -0.05) is 5.92 Å². The Kier molecular flexibility index (Phi) is 6.07. The van der Waals surface area contributed by atoms with E-state index >= 15 is 0 Å². The van der Waals surface area contributed by atoms with Crippen molar-refractivity contribution in [2.45, 2.75) is 6.42 Å². The maximum Gasteiger partial charge on any atom is 0.167 e. The molecule has 3 nitrogen and oxygen atoms in total. The average Bonchev–Trinajstić information content (AvgIpc) is 2.01. The van der Waals surface area contributed by atoms with Crippen LogP contribution < -0.4 is 10.6 Å². The predicted molar refractivity (Wildman–Crippen MR) is 47.7 cm³/mol. The molecule has 0 heterocycles. The van der Waals surface area contributed by atoms with Crippen LogP contribution in [0.25, 0.3) is 0 Å². The van der Waals surface area contributed by atoms with Crippen LogP contribution in [-0.2, 0) is 0 Å². The van der Waals surface area contributed by atoms with E-state index in [9.17, 15) is 0 Å². The second-order valence-electron chi connectivity index (χ2n) is 1.72. The molecule has 0 bridgehead atoms. The van der Waals surface area contributed by atoms with Gasteiger partial charge in [-0.05, 0) is 12.2 Å². The number of nitrogens with one attached hydrogen (secondary N) is 2. The lowest BCUT2D eigenvalue weighted by Crippen LogP contribution is -2.35. The summed E-state index contributed by atoms with van der Waals surface area (Å²) in [6.07, 6.45) is 5.42. The summed E-state index contributed by atoms with van der Waals surface area (Å²) in [6.45, 7) is 0.977. The summed E-state index contributed by atoms with van der Waals surface area (Å²) in [5.74, 6) is 2.39. The smallest absolute Gasteiger partial charge is 0.167 e. The van der Waals surface area contributed by atoms with E-state index in [1.807, 2.05) is 6.07 Å². The minimum atomic E-state index is 0.415. The highest BCUT2D eigenvalue weighted by atomic mass is 32.1. The fourth-order valence-electron chi connectivity index (χ4n) is 0.426. The summed E-state index contributed by atoms with van der Waals surface area (Å²) in [5.41, 5.74) is 0. The van der Waals surface area contributed by atoms with Crippen molar-refractivity contribution >= 4 is 17.3 Å². The molecular weight excluding hydrogens is 158 g/mol. The van der Waals surface area contributed by atoms with Crippen LogP contribution in [-0.4, -0.2) is 18.2 Å². The topological polar surface area (TPSA) is 47.8 Å². The highest BCUT2D eigenvalue weighted by molar-refractivity contribution is 7.80. The lowest BCUT2D eigenvalue weighted by Gasteiger charge is -2.04. The molecule has 0 radical (unpaired) electrons. The summed E-state index contributed by atoms with van der Waals surface area (Å²) < 4.78 is 0. The Morgan fingerprint density at radius 1 is 1.55 bits per heavy atom. The summed E-state index contributed by atoms with van der Waals surface area (Å²) in [7, 11) is 0. The van der Waals surface area contributed by atoms with Gasteiger partial charge in [0, 0.05) is 6.54 Å². The van der Waals surface area contributed by atoms with Crippen LogP contribution in [0.2, 0.25) is 0 Å². The third-order valence-corrected chi connectivity index (χ3v) is 1.16. The number of rotatable bonds is 3. The Bertz CT molecular complexity index is 199. The molecular formula is C7H9N3S. The Balaban J connectivity index is 3.26. The standard InChI is InChI=1S/C7H9N3S/c1-2-5-9-7(11)10-6-3-4-8/h1H,3,5-6H2,(H2,9,10,11). The molecule has 11 heavy (non-hydrogen) atoms. The minimum Gasteiger partial charge on any atom is -0.362 e. The van der Waals surface area contributed by atoms with Gasteiger partial charge in [-0.25, -0.2) is 0 Å². The molecule has 0 spiro atoms. The molecule has 0 amide bonds. The first-order valence-electron chi connectivity index (χ1n) is 3.13. The molecule has 0 aliphatic carbocycles. The van der Waals surface area contributed by atoms with E-state index in [-0.39, 0.29) is 0 Å². The lowest BCUT2D eigenvalue weighted by atomic mass is 10.5. The third-order valence-electron chi connectivity index (χ3n) is 0.873. The summed E-state index contributed by atoms with van der Waals surface area (Å²) in [6, 6.07) is 1.99. The van der Waals surface area contributed by atoms with Gasteiger partial charge in [0.05, 0.1) is 19.0 Å². The average molecular weight is 167 g/mol. The maximum absolute atomic E-state index is 8.17. The molecule has 0 fully saturated rings. The zero-order valence-corrected chi connectivity index (χ0v) is 6.87. The first kappa shape index (κ1) is 9.74. The van der Waals surface area contributed by atoms with Gasteiger partial charge < -0.3 is 10.6 Å². The van der Waals surface area contributed by atoms with E-state index in [1.165, 1.54) is 0 Å². The van der Waals surface area contributed by atoms with Gasteiger partial charge in [-0.15, -0.1) is 6.42 Å².